The predicted molar refractivity (Wildman–Crippen MR) is 163 cm³/mol. The molecule has 7 heteroatoms. The molecule has 1 unspecified atom stereocenters. The summed E-state index contributed by atoms with van der Waals surface area (Å²) in [4.78, 5) is 46.6. The minimum absolute atomic E-state index is 0.239. The lowest BCUT2D eigenvalue weighted by molar-refractivity contribution is 0.0664. The van der Waals surface area contributed by atoms with E-state index in [1.807, 2.05) is 47.4 Å². The Morgan fingerprint density at radius 1 is 0.767 bits per heavy atom. The van der Waals surface area contributed by atoms with Gasteiger partial charge in [0, 0.05) is 33.9 Å². The number of anilines is 1. The molecule has 214 valence electrons. The average molecular weight is 572 g/mol. The molecular weight excluding hydrogens is 542 g/mol. The van der Waals surface area contributed by atoms with E-state index in [-0.39, 0.29) is 17.3 Å². The molecule has 1 aliphatic carbocycles. The van der Waals surface area contributed by atoms with E-state index in [1.54, 1.807) is 67.8 Å². The Labute approximate surface area is 249 Å². The van der Waals surface area contributed by atoms with E-state index in [0.29, 0.717) is 39.5 Å². The van der Waals surface area contributed by atoms with Gasteiger partial charge in [-0.3, -0.25) is 14.4 Å². The first-order valence-electron chi connectivity index (χ1n) is 14.1. The number of ether oxygens (including phenoxy) is 3. The standard InChI is InChI=1S/C36H29NO6/c1-41-23-12-8-11-22(20-23)32(38)31-30(26-15-9-17-28(42-2)33(26)43-3)36(34(39)24-13-5-6-14-25(24)35(36)40)29-19-18-21-10-4-7-16-27(21)37(29)31/h4-20,29-31H,1-3H3/t29?,30-,31+/m0/s1. The van der Waals surface area contributed by atoms with Crippen molar-refractivity contribution in [2.45, 2.75) is 18.0 Å². The molecule has 2 aliphatic heterocycles. The second-order valence-electron chi connectivity index (χ2n) is 10.9. The first kappa shape index (κ1) is 26.7. The van der Waals surface area contributed by atoms with Crippen LogP contribution in [-0.2, 0) is 0 Å². The Bertz CT molecular complexity index is 1810. The molecule has 0 saturated carbocycles. The summed E-state index contributed by atoms with van der Waals surface area (Å²) in [6, 6.07) is 25.3. The third-order valence-electron chi connectivity index (χ3n) is 9.10. The van der Waals surface area contributed by atoms with Gasteiger partial charge in [-0.15, -0.1) is 0 Å². The molecule has 7 rings (SSSR count). The number of methoxy groups -OCH3 is 3. The van der Waals surface area contributed by atoms with Crippen molar-refractivity contribution in [1.82, 2.24) is 0 Å². The Morgan fingerprint density at radius 3 is 2.16 bits per heavy atom. The molecule has 0 amide bonds. The summed E-state index contributed by atoms with van der Waals surface area (Å²) in [5, 5.41) is 0. The third kappa shape index (κ3) is 3.57. The zero-order valence-corrected chi connectivity index (χ0v) is 23.9. The van der Waals surface area contributed by atoms with Gasteiger partial charge in [0.1, 0.15) is 17.2 Å². The monoisotopic (exact) mass is 571 g/mol. The van der Waals surface area contributed by atoms with Crippen molar-refractivity contribution in [3.8, 4) is 17.2 Å². The van der Waals surface area contributed by atoms with Gasteiger partial charge in [-0.25, -0.2) is 0 Å². The number of hydrogen-bond acceptors (Lipinski definition) is 7. The lowest BCUT2D eigenvalue weighted by Gasteiger charge is -2.37. The van der Waals surface area contributed by atoms with E-state index in [2.05, 4.69) is 0 Å². The number of hydrogen-bond donors (Lipinski definition) is 0. The first-order chi connectivity index (χ1) is 21.0. The average Bonchev–Trinajstić information content (AvgIpc) is 3.49. The zero-order chi connectivity index (χ0) is 29.9. The van der Waals surface area contributed by atoms with Crippen LogP contribution in [0.15, 0.2) is 97.1 Å². The number of para-hydroxylation sites is 2. The van der Waals surface area contributed by atoms with Crippen molar-refractivity contribution in [1.29, 1.82) is 0 Å². The van der Waals surface area contributed by atoms with Crippen molar-refractivity contribution in [3.63, 3.8) is 0 Å². The summed E-state index contributed by atoms with van der Waals surface area (Å²) in [6.45, 7) is 0. The number of Topliss-reactive ketones (excluding diaryl/α,β-unsaturated/α-hetero) is 3. The van der Waals surface area contributed by atoms with E-state index in [9.17, 15) is 14.4 Å². The fourth-order valence-electron chi connectivity index (χ4n) is 7.36. The Kier molecular flexibility index (Phi) is 6.20. The van der Waals surface area contributed by atoms with Gasteiger partial charge in [0.15, 0.2) is 28.8 Å². The predicted octanol–water partition coefficient (Wildman–Crippen LogP) is 6.03. The highest BCUT2D eigenvalue weighted by molar-refractivity contribution is 6.32. The van der Waals surface area contributed by atoms with Crippen molar-refractivity contribution in [2.75, 3.05) is 26.2 Å². The fourth-order valence-corrected chi connectivity index (χ4v) is 7.36. The number of fused-ring (bicyclic) bond motifs is 5. The van der Waals surface area contributed by atoms with Gasteiger partial charge in [-0.1, -0.05) is 78.9 Å². The second-order valence-corrected chi connectivity index (χ2v) is 10.9. The topological polar surface area (TPSA) is 82.1 Å². The number of benzene rings is 4. The Balaban J connectivity index is 1.58. The van der Waals surface area contributed by atoms with Crippen LogP contribution >= 0.6 is 0 Å². The number of rotatable bonds is 6. The Morgan fingerprint density at radius 2 is 1.47 bits per heavy atom. The van der Waals surface area contributed by atoms with Crippen LogP contribution < -0.4 is 19.1 Å². The van der Waals surface area contributed by atoms with Gasteiger partial charge in [0.2, 0.25) is 0 Å². The molecule has 4 aromatic rings. The molecule has 0 radical (unpaired) electrons. The SMILES string of the molecule is COc1cccc(C(=O)[C@H]2[C@H](c3cccc(OC)c3OC)C3(C(=O)c4ccccc4C3=O)C3C=Cc4ccccc4N32)c1. The normalized spacial score (nSPS) is 20.9. The lowest BCUT2D eigenvalue weighted by atomic mass is 9.64. The summed E-state index contributed by atoms with van der Waals surface area (Å²) in [7, 11) is 4.61. The van der Waals surface area contributed by atoms with Gasteiger partial charge in [0.25, 0.3) is 0 Å². The van der Waals surface area contributed by atoms with Crippen LogP contribution in [0.2, 0.25) is 0 Å². The number of carbonyl (C=O) groups is 3. The highest BCUT2D eigenvalue weighted by Crippen LogP contribution is 2.62. The van der Waals surface area contributed by atoms with Crippen LogP contribution in [-0.4, -0.2) is 50.8 Å². The maximum Gasteiger partial charge on any atom is 0.186 e. The molecule has 0 N–H and O–H groups in total. The van der Waals surface area contributed by atoms with Gasteiger partial charge < -0.3 is 19.1 Å². The highest BCUT2D eigenvalue weighted by Gasteiger charge is 2.72. The fraction of sp³-hybridized carbons (Fsp3) is 0.194. The third-order valence-corrected chi connectivity index (χ3v) is 9.10. The molecule has 0 bridgehead atoms. The van der Waals surface area contributed by atoms with Crippen LogP contribution in [0.3, 0.4) is 0 Å². The molecule has 4 aromatic carbocycles. The summed E-state index contributed by atoms with van der Waals surface area (Å²) in [5.41, 5.74) is 1.71. The van der Waals surface area contributed by atoms with Gasteiger partial charge in [0.05, 0.1) is 27.4 Å². The number of carbonyl (C=O) groups excluding carboxylic acids is 3. The maximum absolute atomic E-state index is 14.9. The van der Waals surface area contributed by atoms with Crippen LogP contribution in [0.5, 0.6) is 17.2 Å². The maximum atomic E-state index is 14.9. The number of nitrogens with zero attached hydrogens (tertiary/aromatic N) is 1. The quantitative estimate of drug-likeness (QED) is 0.207. The lowest BCUT2D eigenvalue weighted by Crippen LogP contribution is -2.48. The summed E-state index contributed by atoms with van der Waals surface area (Å²) < 4.78 is 17.0. The molecule has 43 heavy (non-hydrogen) atoms. The molecule has 2 heterocycles. The minimum Gasteiger partial charge on any atom is -0.497 e. The molecular formula is C36H29NO6. The second kappa shape index (κ2) is 9.98. The van der Waals surface area contributed by atoms with E-state index >= 15 is 0 Å². The molecule has 1 saturated heterocycles. The van der Waals surface area contributed by atoms with Crippen LogP contribution in [0.4, 0.5) is 5.69 Å². The van der Waals surface area contributed by atoms with E-state index < -0.39 is 23.4 Å². The molecule has 7 nitrogen and oxygen atoms in total. The van der Waals surface area contributed by atoms with Crippen LogP contribution in [0.1, 0.15) is 48.1 Å². The van der Waals surface area contributed by atoms with Gasteiger partial charge in [-0.05, 0) is 29.8 Å². The van der Waals surface area contributed by atoms with Crippen LogP contribution in [0.25, 0.3) is 6.08 Å². The minimum atomic E-state index is -1.65. The van der Waals surface area contributed by atoms with Crippen molar-refractivity contribution < 1.29 is 28.6 Å². The van der Waals surface area contributed by atoms with Gasteiger partial charge >= 0.3 is 0 Å². The summed E-state index contributed by atoms with van der Waals surface area (Å²) in [6.07, 6.45) is 3.85. The van der Waals surface area contributed by atoms with E-state index in [4.69, 9.17) is 14.2 Å². The molecule has 1 spiro atoms. The first-order valence-corrected chi connectivity index (χ1v) is 14.1. The van der Waals surface area contributed by atoms with Crippen LogP contribution in [0, 0.1) is 5.41 Å². The highest BCUT2D eigenvalue weighted by atomic mass is 16.5. The molecule has 3 aliphatic rings. The molecule has 0 aromatic heterocycles. The van der Waals surface area contributed by atoms with Crippen molar-refractivity contribution in [2.24, 2.45) is 5.41 Å². The van der Waals surface area contributed by atoms with Crippen molar-refractivity contribution in [3.05, 3.63) is 125 Å². The Hall–Kier alpha value is -5.17. The zero-order valence-electron chi connectivity index (χ0n) is 23.9. The molecule has 1 fully saturated rings. The largest absolute Gasteiger partial charge is 0.497 e. The van der Waals surface area contributed by atoms with E-state index in [1.165, 1.54) is 14.2 Å². The van der Waals surface area contributed by atoms with Crippen molar-refractivity contribution >= 4 is 29.1 Å². The summed E-state index contributed by atoms with van der Waals surface area (Å²) in [5.74, 6) is -0.414. The van der Waals surface area contributed by atoms with E-state index in [0.717, 1.165) is 11.3 Å². The molecule has 3 atom stereocenters. The van der Waals surface area contributed by atoms with Gasteiger partial charge in [-0.2, -0.15) is 0 Å². The number of ketones is 3. The summed E-state index contributed by atoms with van der Waals surface area (Å²) >= 11 is 0. The smallest absolute Gasteiger partial charge is 0.186 e.